The maximum atomic E-state index is 9.65. The fraction of sp³-hybridized carbons (Fsp3) is 0.308. The summed E-state index contributed by atoms with van der Waals surface area (Å²) in [6.45, 7) is 1.36. The van der Waals surface area contributed by atoms with Crippen molar-refractivity contribution < 1.29 is 9.84 Å². The lowest BCUT2D eigenvalue weighted by Gasteiger charge is -2.07. The highest BCUT2D eigenvalue weighted by Crippen LogP contribution is 2.25. The van der Waals surface area contributed by atoms with E-state index in [-0.39, 0.29) is 5.75 Å². The Balaban J connectivity index is 1.91. The van der Waals surface area contributed by atoms with Gasteiger partial charge in [0, 0.05) is 26.0 Å². The first-order valence-electron chi connectivity index (χ1n) is 5.73. The van der Waals surface area contributed by atoms with Crippen LogP contribution in [-0.4, -0.2) is 21.8 Å². The van der Waals surface area contributed by atoms with Crippen LogP contribution in [-0.2, 0) is 20.1 Å². The smallest absolute Gasteiger partial charge is 0.160 e. The van der Waals surface area contributed by atoms with Gasteiger partial charge < -0.3 is 19.7 Å². The fourth-order valence-electron chi connectivity index (χ4n) is 1.73. The molecule has 18 heavy (non-hydrogen) atoms. The Morgan fingerprint density at radius 1 is 1.39 bits per heavy atom. The molecule has 0 bridgehead atoms. The molecule has 5 nitrogen and oxygen atoms in total. The Morgan fingerprint density at radius 2 is 2.22 bits per heavy atom. The van der Waals surface area contributed by atoms with E-state index in [1.807, 2.05) is 23.9 Å². The first-order valence-corrected chi connectivity index (χ1v) is 5.73. The molecule has 0 aliphatic rings. The molecule has 0 unspecified atom stereocenters. The van der Waals surface area contributed by atoms with E-state index >= 15 is 0 Å². The van der Waals surface area contributed by atoms with Crippen LogP contribution in [0.15, 0.2) is 30.6 Å². The number of aromatic nitrogens is 2. The van der Waals surface area contributed by atoms with Gasteiger partial charge in [-0.05, 0) is 17.7 Å². The van der Waals surface area contributed by atoms with Gasteiger partial charge in [0.15, 0.2) is 11.5 Å². The number of phenolic OH excluding ortho intramolecular Hbond substituents is 1. The van der Waals surface area contributed by atoms with Gasteiger partial charge >= 0.3 is 0 Å². The highest BCUT2D eigenvalue weighted by molar-refractivity contribution is 5.41. The van der Waals surface area contributed by atoms with Crippen molar-refractivity contribution in [3.05, 3.63) is 42.0 Å². The molecule has 0 aliphatic heterocycles. The minimum atomic E-state index is 0.161. The summed E-state index contributed by atoms with van der Waals surface area (Å²) in [6, 6.07) is 5.38. The summed E-state index contributed by atoms with van der Waals surface area (Å²) in [7, 11) is 3.50. The van der Waals surface area contributed by atoms with Gasteiger partial charge in [-0.1, -0.05) is 6.07 Å². The predicted molar refractivity (Wildman–Crippen MR) is 68.4 cm³/mol. The van der Waals surface area contributed by atoms with E-state index in [0.29, 0.717) is 18.8 Å². The molecule has 0 fully saturated rings. The molecule has 0 saturated heterocycles. The average Bonchev–Trinajstić information content (AvgIpc) is 2.75. The van der Waals surface area contributed by atoms with Crippen molar-refractivity contribution >= 4 is 0 Å². The minimum absolute atomic E-state index is 0.161. The van der Waals surface area contributed by atoms with Gasteiger partial charge in [0.1, 0.15) is 5.82 Å². The van der Waals surface area contributed by atoms with Crippen LogP contribution in [0.2, 0.25) is 0 Å². The molecule has 0 aliphatic carbocycles. The number of rotatable bonds is 5. The Kier molecular flexibility index (Phi) is 3.84. The molecule has 5 heteroatoms. The number of imidazole rings is 1. The fourth-order valence-corrected chi connectivity index (χ4v) is 1.73. The second-order valence-electron chi connectivity index (χ2n) is 4.06. The number of methoxy groups -OCH3 is 1. The number of ether oxygens (including phenoxy) is 1. The summed E-state index contributed by atoms with van der Waals surface area (Å²) in [4.78, 5) is 4.22. The van der Waals surface area contributed by atoms with E-state index in [1.165, 1.54) is 7.11 Å². The van der Waals surface area contributed by atoms with Crippen LogP contribution in [0, 0.1) is 0 Å². The highest BCUT2D eigenvalue weighted by Gasteiger charge is 2.03. The number of aryl methyl sites for hydroxylation is 1. The molecular formula is C13H17N3O2. The van der Waals surface area contributed by atoms with Crippen molar-refractivity contribution in [2.75, 3.05) is 7.11 Å². The van der Waals surface area contributed by atoms with Crippen LogP contribution in [0.5, 0.6) is 11.5 Å². The number of nitrogens with zero attached hydrogens (tertiary/aromatic N) is 2. The van der Waals surface area contributed by atoms with Crippen molar-refractivity contribution in [1.29, 1.82) is 0 Å². The standard InChI is InChI=1S/C13H17N3O2/c1-16-6-5-15-13(16)9-14-8-10-3-4-12(18-2)11(17)7-10/h3-7,14,17H,8-9H2,1-2H3. The minimum Gasteiger partial charge on any atom is -0.504 e. The monoisotopic (exact) mass is 247 g/mol. The second-order valence-corrected chi connectivity index (χ2v) is 4.06. The van der Waals surface area contributed by atoms with E-state index in [4.69, 9.17) is 4.74 Å². The van der Waals surface area contributed by atoms with Crippen molar-refractivity contribution in [1.82, 2.24) is 14.9 Å². The van der Waals surface area contributed by atoms with Crippen molar-refractivity contribution in [3.63, 3.8) is 0 Å². The lowest BCUT2D eigenvalue weighted by atomic mass is 10.2. The first-order chi connectivity index (χ1) is 8.70. The van der Waals surface area contributed by atoms with E-state index in [9.17, 15) is 5.11 Å². The van der Waals surface area contributed by atoms with Crippen LogP contribution in [0.1, 0.15) is 11.4 Å². The number of nitrogens with one attached hydrogen (secondary N) is 1. The zero-order valence-electron chi connectivity index (χ0n) is 10.6. The largest absolute Gasteiger partial charge is 0.504 e. The van der Waals surface area contributed by atoms with Gasteiger partial charge in [-0.15, -0.1) is 0 Å². The molecule has 1 aromatic heterocycles. The molecule has 96 valence electrons. The van der Waals surface area contributed by atoms with E-state index in [2.05, 4.69) is 10.3 Å². The van der Waals surface area contributed by atoms with Crippen LogP contribution in [0.25, 0.3) is 0 Å². The molecule has 2 N–H and O–H groups in total. The van der Waals surface area contributed by atoms with E-state index in [1.54, 1.807) is 18.3 Å². The third-order valence-corrected chi connectivity index (χ3v) is 2.78. The number of phenols is 1. The summed E-state index contributed by atoms with van der Waals surface area (Å²) in [5.41, 5.74) is 1.00. The maximum absolute atomic E-state index is 9.65. The summed E-state index contributed by atoms with van der Waals surface area (Å²) in [5, 5.41) is 12.9. The Labute approximate surface area is 106 Å². The lowest BCUT2D eigenvalue weighted by Crippen LogP contribution is -2.15. The Hall–Kier alpha value is -2.01. The molecule has 0 spiro atoms. The summed E-state index contributed by atoms with van der Waals surface area (Å²) in [5.74, 6) is 1.63. The third kappa shape index (κ3) is 2.81. The van der Waals surface area contributed by atoms with Crippen LogP contribution in [0.4, 0.5) is 0 Å². The number of aromatic hydroxyl groups is 1. The van der Waals surface area contributed by atoms with Crippen molar-refractivity contribution in [2.45, 2.75) is 13.1 Å². The molecular weight excluding hydrogens is 230 g/mol. The number of benzene rings is 1. The molecule has 0 atom stereocenters. The zero-order valence-corrected chi connectivity index (χ0v) is 10.6. The number of hydrogen-bond donors (Lipinski definition) is 2. The SMILES string of the molecule is COc1ccc(CNCc2nccn2C)cc1O. The van der Waals surface area contributed by atoms with Gasteiger partial charge in [-0.2, -0.15) is 0 Å². The Morgan fingerprint density at radius 3 is 2.83 bits per heavy atom. The number of hydrogen-bond acceptors (Lipinski definition) is 4. The quantitative estimate of drug-likeness (QED) is 0.839. The molecule has 0 amide bonds. The van der Waals surface area contributed by atoms with Gasteiger partial charge in [0.05, 0.1) is 13.7 Å². The maximum Gasteiger partial charge on any atom is 0.160 e. The summed E-state index contributed by atoms with van der Waals surface area (Å²) >= 11 is 0. The molecule has 2 aromatic rings. The summed E-state index contributed by atoms with van der Waals surface area (Å²) in [6.07, 6.45) is 3.69. The molecule has 2 rings (SSSR count). The summed E-state index contributed by atoms with van der Waals surface area (Å²) < 4.78 is 6.97. The zero-order chi connectivity index (χ0) is 13.0. The average molecular weight is 247 g/mol. The molecule has 0 saturated carbocycles. The molecule has 0 radical (unpaired) electrons. The first kappa shape index (κ1) is 12.4. The Bertz CT molecular complexity index is 523. The van der Waals surface area contributed by atoms with Crippen LogP contribution < -0.4 is 10.1 Å². The third-order valence-electron chi connectivity index (χ3n) is 2.78. The highest BCUT2D eigenvalue weighted by atomic mass is 16.5. The molecule has 1 aromatic carbocycles. The predicted octanol–water partition coefficient (Wildman–Crippen LogP) is 1.42. The van der Waals surface area contributed by atoms with Crippen LogP contribution in [0.3, 0.4) is 0 Å². The van der Waals surface area contributed by atoms with Crippen LogP contribution >= 0.6 is 0 Å². The van der Waals surface area contributed by atoms with Gasteiger partial charge in [-0.3, -0.25) is 0 Å². The van der Waals surface area contributed by atoms with E-state index < -0.39 is 0 Å². The van der Waals surface area contributed by atoms with Crippen molar-refractivity contribution in [2.24, 2.45) is 7.05 Å². The van der Waals surface area contributed by atoms with Gasteiger partial charge in [0.25, 0.3) is 0 Å². The van der Waals surface area contributed by atoms with E-state index in [0.717, 1.165) is 11.4 Å². The van der Waals surface area contributed by atoms with Crippen molar-refractivity contribution in [3.8, 4) is 11.5 Å². The topological polar surface area (TPSA) is 59.3 Å². The normalized spacial score (nSPS) is 10.6. The lowest BCUT2D eigenvalue weighted by molar-refractivity contribution is 0.373. The molecule has 1 heterocycles. The second kappa shape index (κ2) is 5.55. The van der Waals surface area contributed by atoms with Gasteiger partial charge in [0.2, 0.25) is 0 Å². The van der Waals surface area contributed by atoms with Gasteiger partial charge in [-0.25, -0.2) is 4.98 Å².